The van der Waals surface area contributed by atoms with E-state index in [9.17, 15) is 13.6 Å². The van der Waals surface area contributed by atoms with Crippen LogP contribution in [0.2, 0.25) is 0 Å². The van der Waals surface area contributed by atoms with E-state index in [4.69, 9.17) is 5.73 Å². The molecule has 1 amide bonds. The van der Waals surface area contributed by atoms with Crippen LogP contribution in [-0.4, -0.2) is 38.0 Å². The largest absolute Gasteiger partial charge is 0.354 e. The van der Waals surface area contributed by atoms with Crippen LogP contribution in [0.1, 0.15) is 30.9 Å². The molecule has 0 aliphatic heterocycles. The summed E-state index contributed by atoms with van der Waals surface area (Å²) in [5, 5.41) is 2.85. The molecule has 23 heavy (non-hydrogen) atoms. The number of likely N-dealkylation sites (N-methyl/N-ethyl adjacent to an activating group) is 1. The molecule has 1 unspecified atom stereocenters. The van der Waals surface area contributed by atoms with Crippen molar-refractivity contribution in [1.29, 1.82) is 0 Å². The van der Waals surface area contributed by atoms with Crippen LogP contribution in [0.4, 0.5) is 8.78 Å². The highest BCUT2D eigenvalue weighted by atomic mass is 19.1. The van der Waals surface area contributed by atoms with E-state index in [1.807, 2.05) is 0 Å². The Hall–Kier alpha value is -1.53. The van der Waals surface area contributed by atoms with E-state index in [2.05, 4.69) is 5.32 Å². The Balaban J connectivity index is 2.07. The van der Waals surface area contributed by atoms with Crippen molar-refractivity contribution in [3.05, 3.63) is 35.4 Å². The topological polar surface area (TPSA) is 58.4 Å². The summed E-state index contributed by atoms with van der Waals surface area (Å²) in [6.45, 7) is 0.661. The summed E-state index contributed by atoms with van der Waals surface area (Å²) in [5.74, 6) is -1.15. The van der Waals surface area contributed by atoms with Gasteiger partial charge in [0.25, 0.3) is 0 Å². The molecule has 1 aliphatic carbocycles. The molecular weight excluding hydrogens is 300 g/mol. The first-order valence-corrected chi connectivity index (χ1v) is 8.03. The number of hydrogen-bond donors (Lipinski definition) is 2. The fourth-order valence-corrected chi connectivity index (χ4v) is 3.36. The average molecular weight is 325 g/mol. The lowest BCUT2D eigenvalue weighted by atomic mass is 9.95. The summed E-state index contributed by atoms with van der Waals surface area (Å²) in [5.41, 5.74) is 5.70. The molecule has 0 heterocycles. The predicted molar refractivity (Wildman–Crippen MR) is 85.7 cm³/mol. The molecule has 3 atom stereocenters. The zero-order valence-electron chi connectivity index (χ0n) is 13.7. The van der Waals surface area contributed by atoms with Gasteiger partial charge in [0.2, 0.25) is 5.91 Å². The highest BCUT2D eigenvalue weighted by Crippen LogP contribution is 2.31. The molecule has 2 rings (SSSR count). The lowest BCUT2D eigenvalue weighted by Crippen LogP contribution is -2.40. The highest BCUT2D eigenvalue weighted by Gasteiger charge is 2.32. The van der Waals surface area contributed by atoms with Crippen LogP contribution < -0.4 is 11.1 Å². The van der Waals surface area contributed by atoms with Gasteiger partial charge in [-0.05, 0) is 51.5 Å². The lowest BCUT2D eigenvalue weighted by molar-refractivity contribution is -0.126. The molecule has 0 spiro atoms. The number of hydrogen-bond acceptors (Lipinski definition) is 3. The Labute approximate surface area is 136 Å². The third-order valence-corrected chi connectivity index (χ3v) is 4.72. The molecule has 1 aromatic rings. The third kappa shape index (κ3) is 4.06. The Morgan fingerprint density at radius 1 is 1.35 bits per heavy atom. The predicted octanol–water partition coefficient (Wildman–Crippen LogP) is 2.06. The van der Waals surface area contributed by atoms with Gasteiger partial charge in [0.15, 0.2) is 0 Å². The summed E-state index contributed by atoms with van der Waals surface area (Å²) in [6, 6.07) is 3.25. The molecule has 0 saturated heterocycles. The molecule has 0 radical (unpaired) electrons. The van der Waals surface area contributed by atoms with Gasteiger partial charge in [0, 0.05) is 18.0 Å². The third-order valence-electron chi connectivity index (χ3n) is 4.72. The standard InChI is InChI=1S/C17H25F2N3O/c1-22(2)15(16-13(18)7-4-8-14(16)19)10-21-17(23)12-6-3-5-11(12)9-20/h4,7-8,11-12,15H,3,5-6,9-10,20H2,1-2H3,(H,21,23)/t11-,12-,15?/m1/s1. The van der Waals surface area contributed by atoms with Crippen LogP contribution in [0.5, 0.6) is 0 Å². The Morgan fingerprint density at radius 3 is 2.57 bits per heavy atom. The monoisotopic (exact) mass is 325 g/mol. The van der Waals surface area contributed by atoms with Crippen molar-refractivity contribution in [1.82, 2.24) is 10.2 Å². The highest BCUT2D eigenvalue weighted by molar-refractivity contribution is 5.79. The first kappa shape index (κ1) is 17.8. The summed E-state index contributed by atoms with van der Waals surface area (Å²) < 4.78 is 28.0. The lowest BCUT2D eigenvalue weighted by Gasteiger charge is -2.27. The van der Waals surface area contributed by atoms with Crippen LogP contribution >= 0.6 is 0 Å². The molecular formula is C17H25F2N3O. The number of nitrogens with one attached hydrogen (secondary N) is 1. The van der Waals surface area contributed by atoms with Gasteiger partial charge in [0.05, 0.1) is 6.04 Å². The SMILES string of the molecule is CN(C)C(CNC(=O)[C@@H]1CCC[C@@H]1CN)c1c(F)cccc1F. The van der Waals surface area contributed by atoms with Crippen molar-refractivity contribution in [2.75, 3.05) is 27.2 Å². The maximum absolute atomic E-state index is 14.0. The minimum absolute atomic E-state index is 0.0143. The van der Waals surface area contributed by atoms with Crippen molar-refractivity contribution < 1.29 is 13.6 Å². The quantitative estimate of drug-likeness (QED) is 0.842. The maximum Gasteiger partial charge on any atom is 0.223 e. The number of rotatable bonds is 6. The number of nitrogens with two attached hydrogens (primary N) is 1. The Bertz CT molecular complexity index is 530. The van der Waals surface area contributed by atoms with Gasteiger partial charge in [-0.1, -0.05) is 12.5 Å². The second kappa shape index (κ2) is 7.84. The minimum Gasteiger partial charge on any atom is -0.354 e. The second-order valence-corrected chi connectivity index (χ2v) is 6.39. The fraction of sp³-hybridized carbons (Fsp3) is 0.588. The van der Waals surface area contributed by atoms with Crippen molar-refractivity contribution in [3.8, 4) is 0 Å². The molecule has 1 saturated carbocycles. The van der Waals surface area contributed by atoms with E-state index in [1.54, 1.807) is 19.0 Å². The van der Waals surface area contributed by atoms with E-state index in [0.717, 1.165) is 19.3 Å². The van der Waals surface area contributed by atoms with E-state index >= 15 is 0 Å². The summed E-state index contributed by atoms with van der Waals surface area (Å²) >= 11 is 0. The molecule has 1 aliphatic rings. The zero-order valence-corrected chi connectivity index (χ0v) is 13.7. The zero-order chi connectivity index (χ0) is 17.0. The molecule has 4 nitrogen and oxygen atoms in total. The number of nitrogens with zero attached hydrogens (tertiary/aromatic N) is 1. The van der Waals surface area contributed by atoms with Crippen LogP contribution in [-0.2, 0) is 4.79 Å². The minimum atomic E-state index is -0.598. The van der Waals surface area contributed by atoms with Crippen molar-refractivity contribution >= 4 is 5.91 Å². The number of carbonyl (C=O) groups is 1. The summed E-state index contributed by atoms with van der Waals surface area (Å²) in [6.07, 6.45) is 2.79. The Kier molecular flexibility index (Phi) is 6.07. The van der Waals surface area contributed by atoms with Gasteiger partial charge in [-0.15, -0.1) is 0 Å². The van der Waals surface area contributed by atoms with Crippen LogP contribution in [0.3, 0.4) is 0 Å². The first-order valence-electron chi connectivity index (χ1n) is 8.03. The normalized spacial score (nSPS) is 22.3. The smallest absolute Gasteiger partial charge is 0.223 e. The number of benzene rings is 1. The van der Waals surface area contributed by atoms with Gasteiger partial charge in [-0.25, -0.2) is 8.78 Å². The van der Waals surface area contributed by atoms with Crippen LogP contribution in [0.25, 0.3) is 0 Å². The molecule has 1 aromatic carbocycles. The number of amides is 1. The van der Waals surface area contributed by atoms with Crippen LogP contribution in [0, 0.1) is 23.5 Å². The van der Waals surface area contributed by atoms with E-state index in [0.29, 0.717) is 6.54 Å². The van der Waals surface area contributed by atoms with Gasteiger partial charge in [-0.3, -0.25) is 4.79 Å². The van der Waals surface area contributed by atoms with E-state index in [1.165, 1.54) is 18.2 Å². The van der Waals surface area contributed by atoms with Gasteiger partial charge >= 0.3 is 0 Å². The summed E-state index contributed by atoms with van der Waals surface area (Å²) in [7, 11) is 3.47. The fourth-order valence-electron chi connectivity index (χ4n) is 3.36. The molecule has 1 fully saturated rings. The molecule has 0 bridgehead atoms. The molecule has 0 aromatic heterocycles. The first-order chi connectivity index (χ1) is 11.0. The van der Waals surface area contributed by atoms with E-state index < -0.39 is 17.7 Å². The van der Waals surface area contributed by atoms with Crippen molar-refractivity contribution in [3.63, 3.8) is 0 Å². The number of halogens is 2. The Morgan fingerprint density at radius 2 is 2.00 bits per heavy atom. The van der Waals surface area contributed by atoms with Crippen molar-refractivity contribution in [2.24, 2.45) is 17.6 Å². The summed E-state index contributed by atoms with van der Waals surface area (Å²) in [4.78, 5) is 14.1. The van der Waals surface area contributed by atoms with Crippen LogP contribution in [0.15, 0.2) is 18.2 Å². The van der Waals surface area contributed by atoms with Gasteiger partial charge < -0.3 is 16.0 Å². The maximum atomic E-state index is 14.0. The number of carbonyl (C=O) groups excluding carboxylic acids is 1. The van der Waals surface area contributed by atoms with Crippen molar-refractivity contribution in [2.45, 2.75) is 25.3 Å². The average Bonchev–Trinajstić information content (AvgIpc) is 2.98. The molecule has 6 heteroatoms. The van der Waals surface area contributed by atoms with Gasteiger partial charge in [-0.2, -0.15) is 0 Å². The second-order valence-electron chi connectivity index (χ2n) is 6.39. The molecule has 3 N–H and O–H groups in total. The van der Waals surface area contributed by atoms with E-state index in [-0.39, 0.29) is 29.9 Å². The van der Waals surface area contributed by atoms with Gasteiger partial charge in [0.1, 0.15) is 11.6 Å². The molecule has 128 valence electrons.